The zero-order valence-electron chi connectivity index (χ0n) is 10.5. The van der Waals surface area contributed by atoms with Crippen LogP contribution >= 0.6 is 11.3 Å². The van der Waals surface area contributed by atoms with E-state index in [0.29, 0.717) is 0 Å². The van der Waals surface area contributed by atoms with E-state index < -0.39 is 0 Å². The lowest BCUT2D eigenvalue weighted by Gasteiger charge is -2.17. The maximum atomic E-state index is 3.77. The van der Waals surface area contributed by atoms with Gasteiger partial charge in [0.2, 0.25) is 0 Å². The SMILES string of the molecule is CCCC(NCc1sccc1CC)C1CC1. The normalized spacial score (nSPS) is 17.6. The quantitative estimate of drug-likeness (QED) is 0.756. The molecule has 0 radical (unpaired) electrons. The van der Waals surface area contributed by atoms with Crippen LogP contribution in [0.15, 0.2) is 11.4 Å². The molecule has 1 aromatic rings. The predicted octanol–water partition coefficient (Wildman–Crippen LogP) is 3.98. The molecule has 1 unspecified atom stereocenters. The van der Waals surface area contributed by atoms with Crippen molar-refractivity contribution in [1.29, 1.82) is 0 Å². The van der Waals surface area contributed by atoms with Crippen LogP contribution in [-0.2, 0) is 13.0 Å². The zero-order valence-corrected chi connectivity index (χ0v) is 11.3. The summed E-state index contributed by atoms with van der Waals surface area (Å²) in [5.74, 6) is 0.977. The second kappa shape index (κ2) is 5.83. The lowest BCUT2D eigenvalue weighted by atomic mass is 10.1. The molecule has 0 saturated heterocycles. The first kappa shape index (κ1) is 12.1. The first-order chi connectivity index (χ1) is 7.85. The lowest BCUT2D eigenvalue weighted by molar-refractivity contribution is 0.431. The molecule has 1 N–H and O–H groups in total. The largest absolute Gasteiger partial charge is 0.309 e. The molecule has 0 amide bonds. The number of thiophene rings is 1. The molecule has 1 aliphatic carbocycles. The molecule has 0 aliphatic heterocycles. The molecule has 90 valence electrons. The highest BCUT2D eigenvalue weighted by Crippen LogP contribution is 2.34. The van der Waals surface area contributed by atoms with Gasteiger partial charge in [-0.25, -0.2) is 0 Å². The van der Waals surface area contributed by atoms with Gasteiger partial charge in [-0.15, -0.1) is 11.3 Å². The van der Waals surface area contributed by atoms with Gasteiger partial charge in [-0.05, 0) is 48.6 Å². The van der Waals surface area contributed by atoms with Gasteiger partial charge >= 0.3 is 0 Å². The summed E-state index contributed by atoms with van der Waals surface area (Å²) in [5, 5.41) is 5.99. The summed E-state index contributed by atoms with van der Waals surface area (Å²) in [4.78, 5) is 1.55. The fraction of sp³-hybridized carbons (Fsp3) is 0.714. The molecular formula is C14H23NS. The Morgan fingerprint density at radius 2 is 2.25 bits per heavy atom. The molecule has 0 aromatic carbocycles. The van der Waals surface area contributed by atoms with E-state index in [9.17, 15) is 0 Å². The van der Waals surface area contributed by atoms with Crippen molar-refractivity contribution in [1.82, 2.24) is 5.32 Å². The maximum Gasteiger partial charge on any atom is 0.0305 e. The highest BCUT2D eigenvalue weighted by molar-refractivity contribution is 7.10. The molecule has 1 fully saturated rings. The minimum Gasteiger partial charge on any atom is -0.309 e. The van der Waals surface area contributed by atoms with Crippen LogP contribution < -0.4 is 5.32 Å². The monoisotopic (exact) mass is 237 g/mol. The maximum absolute atomic E-state index is 3.77. The molecule has 2 heteroatoms. The molecule has 16 heavy (non-hydrogen) atoms. The van der Waals surface area contributed by atoms with Crippen LogP contribution in [0.1, 0.15) is 50.0 Å². The third kappa shape index (κ3) is 3.08. The third-order valence-electron chi connectivity index (χ3n) is 3.53. The molecule has 1 aliphatic rings. The number of aryl methyl sites for hydroxylation is 1. The first-order valence-corrected chi connectivity index (χ1v) is 7.51. The molecule has 1 saturated carbocycles. The Balaban J connectivity index is 1.84. The molecule has 1 heterocycles. The van der Waals surface area contributed by atoms with Gasteiger partial charge in [-0.3, -0.25) is 0 Å². The van der Waals surface area contributed by atoms with Crippen molar-refractivity contribution in [2.75, 3.05) is 0 Å². The van der Waals surface area contributed by atoms with E-state index in [2.05, 4.69) is 30.6 Å². The van der Waals surface area contributed by atoms with Gasteiger partial charge in [0.25, 0.3) is 0 Å². The summed E-state index contributed by atoms with van der Waals surface area (Å²) >= 11 is 1.90. The topological polar surface area (TPSA) is 12.0 Å². The molecular weight excluding hydrogens is 214 g/mol. The van der Waals surface area contributed by atoms with Crippen molar-refractivity contribution < 1.29 is 0 Å². The lowest BCUT2D eigenvalue weighted by Crippen LogP contribution is -2.30. The van der Waals surface area contributed by atoms with Crippen LogP contribution in [0.4, 0.5) is 0 Å². The minimum absolute atomic E-state index is 0.775. The van der Waals surface area contributed by atoms with Crippen LogP contribution in [0.2, 0.25) is 0 Å². The van der Waals surface area contributed by atoms with Crippen molar-refractivity contribution in [3.8, 4) is 0 Å². The fourth-order valence-electron chi connectivity index (χ4n) is 2.37. The smallest absolute Gasteiger partial charge is 0.0305 e. The second-order valence-electron chi connectivity index (χ2n) is 4.84. The average Bonchev–Trinajstić information content (AvgIpc) is 3.03. The van der Waals surface area contributed by atoms with Crippen LogP contribution in [0.3, 0.4) is 0 Å². The van der Waals surface area contributed by atoms with E-state index in [1.807, 2.05) is 11.3 Å². The zero-order chi connectivity index (χ0) is 11.4. The Kier molecular flexibility index (Phi) is 4.42. The van der Waals surface area contributed by atoms with Gasteiger partial charge in [-0.2, -0.15) is 0 Å². The van der Waals surface area contributed by atoms with Crippen molar-refractivity contribution >= 4 is 11.3 Å². The number of nitrogens with one attached hydrogen (secondary N) is 1. The Morgan fingerprint density at radius 3 is 2.88 bits per heavy atom. The van der Waals surface area contributed by atoms with E-state index in [0.717, 1.165) is 18.5 Å². The highest BCUT2D eigenvalue weighted by Gasteiger charge is 2.30. The summed E-state index contributed by atoms with van der Waals surface area (Å²) in [5.41, 5.74) is 1.53. The molecule has 1 atom stereocenters. The van der Waals surface area contributed by atoms with Crippen LogP contribution in [0.5, 0.6) is 0 Å². The van der Waals surface area contributed by atoms with Gasteiger partial charge in [0.15, 0.2) is 0 Å². The number of hydrogen-bond donors (Lipinski definition) is 1. The summed E-state index contributed by atoms with van der Waals surface area (Å²) < 4.78 is 0. The first-order valence-electron chi connectivity index (χ1n) is 6.63. The fourth-order valence-corrected chi connectivity index (χ4v) is 3.30. The minimum atomic E-state index is 0.775. The molecule has 1 aromatic heterocycles. The molecule has 0 spiro atoms. The van der Waals surface area contributed by atoms with Crippen molar-refractivity contribution in [3.63, 3.8) is 0 Å². The number of hydrogen-bond acceptors (Lipinski definition) is 2. The van der Waals surface area contributed by atoms with Gasteiger partial charge in [-0.1, -0.05) is 20.3 Å². The van der Waals surface area contributed by atoms with Crippen molar-refractivity contribution in [3.05, 3.63) is 21.9 Å². The van der Waals surface area contributed by atoms with Gasteiger partial charge in [0.05, 0.1) is 0 Å². The van der Waals surface area contributed by atoms with Crippen LogP contribution in [0.25, 0.3) is 0 Å². The van der Waals surface area contributed by atoms with Crippen LogP contribution in [-0.4, -0.2) is 6.04 Å². The van der Waals surface area contributed by atoms with Gasteiger partial charge < -0.3 is 5.32 Å². The van der Waals surface area contributed by atoms with Crippen molar-refractivity contribution in [2.45, 2.75) is 58.5 Å². The number of rotatable bonds is 7. The van der Waals surface area contributed by atoms with E-state index in [1.165, 1.54) is 37.7 Å². The summed E-state index contributed by atoms with van der Waals surface area (Å²) in [7, 11) is 0. The Hall–Kier alpha value is -0.340. The van der Waals surface area contributed by atoms with E-state index in [-0.39, 0.29) is 0 Å². The second-order valence-corrected chi connectivity index (χ2v) is 5.84. The van der Waals surface area contributed by atoms with E-state index in [4.69, 9.17) is 0 Å². The Labute approximate surface area is 103 Å². The van der Waals surface area contributed by atoms with Gasteiger partial charge in [0, 0.05) is 17.5 Å². The van der Waals surface area contributed by atoms with E-state index in [1.54, 1.807) is 4.88 Å². The highest BCUT2D eigenvalue weighted by atomic mass is 32.1. The molecule has 0 bridgehead atoms. The summed E-state index contributed by atoms with van der Waals surface area (Å²) in [6, 6.07) is 3.05. The third-order valence-corrected chi connectivity index (χ3v) is 4.50. The predicted molar refractivity (Wildman–Crippen MR) is 72.0 cm³/mol. The van der Waals surface area contributed by atoms with Crippen LogP contribution in [0, 0.1) is 5.92 Å². The average molecular weight is 237 g/mol. The molecule has 2 rings (SSSR count). The summed E-state index contributed by atoms with van der Waals surface area (Å²) in [6.45, 7) is 5.62. The standard InChI is InChI=1S/C14H23NS/c1-3-5-13(12-6-7-12)15-10-14-11(4-2)8-9-16-14/h8-9,12-13,15H,3-7,10H2,1-2H3. The Morgan fingerprint density at radius 1 is 1.44 bits per heavy atom. The summed E-state index contributed by atoms with van der Waals surface area (Å²) in [6.07, 6.45) is 6.71. The Bertz CT molecular complexity index is 314. The van der Waals surface area contributed by atoms with Gasteiger partial charge in [0.1, 0.15) is 0 Å². The van der Waals surface area contributed by atoms with Crippen molar-refractivity contribution in [2.24, 2.45) is 5.92 Å². The van der Waals surface area contributed by atoms with E-state index >= 15 is 0 Å². The molecule has 1 nitrogen and oxygen atoms in total.